The fourth-order valence-electron chi connectivity index (χ4n) is 8.48. The molecule has 0 heterocycles. The summed E-state index contributed by atoms with van der Waals surface area (Å²) in [7, 11) is 0. The van der Waals surface area contributed by atoms with Crippen LogP contribution in [0, 0.1) is 0 Å². The Bertz CT molecular complexity index is 1110. The summed E-state index contributed by atoms with van der Waals surface area (Å²) in [6, 6.07) is 0. The maximum absolute atomic E-state index is 12.8. The number of rotatable bonds is 53. The second-order valence-electron chi connectivity index (χ2n) is 19.6. The molecule has 0 aliphatic rings. The minimum Gasteiger partial charge on any atom is -0.462 e. The number of carbonyl (C=O) groups is 3. The predicted octanol–water partition coefficient (Wildman–Crippen LogP) is 19.3. The highest BCUT2D eigenvalue weighted by Crippen LogP contribution is 2.16. The zero-order valence-electron chi connectivity index (χ0n) is 44.2. The van der Waals surface area contributed by atoms with Crippen LogP contribution < -0.4 is 0 Å². The van der Waals surface area contributed by atoms with Crippen molar-refractivity contribution in [3.8, 4) is 0 Å². The standard InChI is InChI=1S/C60H110O6/c1-4-7-10-13-16-19-22-24-25-26-27-28-29-30-31-32-33-34-35-37-38-41-44-47-50-53-59(62)65-56-57(55-64-58(61)52-49-46-43-40-21-18-15-12-9-6-3)66-60(63)54-51-48-45-42-39-36-23-20-17-14-11-8-5-2/h11,14,20,23,26-27,57H,4-10,12-13,15-19,21-22,24-25,28-56H2,1-3H3/b14-11-,23-20-,27-26-. The summed E-state index contributed by atoms with van der Waals surface area (Å²) in [5.41, 5.74) is 0. The van der Waals surface area contributed by atoms with Crippen LogP contribution in [0.4, 0.5) is 0 Å². The summed E-state index contributed by atoms with van der Waals surface area (Å²) in [5.74, 6) is -0.877. The topological polar surface area (TPSA) is 78.9 Å². The molecule has 66 heavy (non-hydrogen) atoms. The first kappa shape index (κ1) is 63.6. The first-order valence-electron chi connectivity index (χ1n) is 29.0. The lowest BCUT2D eigenvalue weighted by atomic mass is 10.0. The van der Waals surface area contributed by atoms with Gasteiger partial charge < -0.3 is 14.2 Å². The fraction of sp³-hybridized carbons (Fsp3) is 0.850. The zero-order chi connectivity index (χ0) is 47.9. The minimum absolute atomic E-state index is 0.0746. The van der Waals surface area contributed by atoms with Gasteiger partial charge in [0.1, 0.15) is 13.2 Å². The van der Waals surface area contributed by atoms with Crippen LogP contribution in [0.15, 0.2) is 36.5 Å². The summed E-state index contributed by atoms with van der Waals surface area (Å²) in [6.07, 6.45) is 65.8. The monoisotopic (exact) mass is 927 g/mol. The smallest absolute Gasteiger partial charge is 0.306 e. The van der Waals surface area contributed by atoms with E-state index in [1.807, 2.05) is 0 Å². The number of hydrogen-bond acceptors (Lipinski definition) is 6. The molecule has 0 aromatic heterocycles. The van der Waals surface area contributed by atoms with E-state index in [4.69, 9.17) is 14.2 Å². The molecule has 1 atom stereocenters. The Kier molecular flexibility index (Phi) is 53.2. The third-order valence-corrected chi connectivity index (χ3v) is 12.8. The van der Waals surface area contributed by atoms with E-state index in [-0.39, 0.29) is 31.1 Å². The van der Waals surface area contributed by atoms with Gasteiger partial charge in [-0.2, -0.15) is 0 Å². The van der Waals surface area contributed by atoms with Gasteiger partial charge in [0, 0.05) is 19.3 Å². The summed E-state index contributed by atoms with van der Waals surface area (Å²) >= 11 is 0. The van der Waals surface area contributed by atoms with Gasteiger partial charge in [0.05, 0.1) is 0 Å². The molecule has 0 rings (SSSR count). The highest BCUT2D eigenvalue weighted by Gasteiger charge is 2.19. The van der Waals surface area contributed by atoms with Gasteiger partial charge in [-0.15, -0.1) is 0 Å². The molecule has 0 aromatic rings. The van der Waals surface area contributed by atoms with E-state index >= 15 is 0 Å². The molecule has 0 N–H and O–H groups in total. The molecule has 0 radical (unpaired) electrons. The quantitative estimate of drug-likeness (QED) is 0.0262. The molecule has 0 saturated carbocycles. The molecule has 0 saturated heterocycles. The Morgan fingerprint density at radius 3 is 0.909 bits per heavy atom. The molecule has 0 aliphatic carbocycles. The van der Waals surface area contributed by atoms with Crippen molar-refractivity contribution in [2.45, 2.75) is 316 Å². The molecular formula is C60H110O6. The van der Waals surface area contributed by atoms with Crippen LogP contribution >= 0.6 is 0 Å². The lowest BCUT2D eigenvalue weighted by Crippen LogP contribution is -2.30. The summed E-state index contributed by atoms with van der Waals surface area (Å²) in [5, 5.41) is 0. The van der Waals surface area contributed by atoms with Crippen molar-refractivity contribution in [2.24, 2.45) is 0 Å². The average Bonchev–Trinajstić information content (AvgIpc) is 3.31. The van der Waals surface area contributed by atoms with E-state index in [1.165, 1.54) is 180 Å². The number of unbranched alkanes of at least 4 members (excludes halogenated alkanes) is 36. The summed E-state index contributed by atoms with van der Waals surface area (Å²) in [6.45, 7) is 6.58. The Morgan fingerprint density at radius 2 is 0.576 bits per heavy atom. The summed E-state index contributed by atoms with van der Waals surface area (Å²) in [4.78, 5) is 38.0. The molecule has 1 unspecified atom stereocenters. The summed E-state index contributed by atoms with van der Waals surface area (Å²) < 4.78 is 16.8. The zero-order valence-corrected chi connectivity index (χ0v) is 44.2. The van der Waals surface area contributed by atoms with Gasteiger partial charge in [-0.25, -0.2) is 0 Å². The maximum Gasteiger partial charge on any atom is 0.306 e. The van der Waals surface area contributed by atoms with Crippen LogP contribution in [-0.4, -0.2) is 37.2 Å². The van der Waals surface area contributed by atoms with E-state index in [0.717, 1.165) is 89.9 Å². The number of allylic oxidation sites excluding steroid dienone is 6. The van der Waals surface area contributed by atoms with Crippen LogP contribution in [0.3, 0.4) is 0 Å². The van der Waals surface area contributed by atoms with Gasteiger partial charge >= 0.3 is 17.9 Å². The molecule has 6 heteroatoms. The predicted molar refractivity (Wildman–Crippen MR) is 284 cm³/mol. The van der Waals surface area contributed by atoms with Gasteiger partial charge in [0.15, 0.2) is 6.10 Å². The number of carbonyl (C=O) groups excluding carboxylic acids is 3. The normalized spacial score (nSPS) is 12.2. The van der Waals surface area contributed by atoms with Crippen molar-refractivity contribution in [3.05, 3.63) is 36.5 Å². The highest BCUT2D eigenvalue weighted by atomic mass is 16.6. The number of hydrogen-bond donors (Lipinski definition) is 0. The fourth-order valence-corrected chi connectivity index (χ4v) is 8.48. The van der Waals surface area contributed by atoms with Crippen LogP contribution in [-0.2, 0) is 28.6 Å². The molecule has 0 aromatic carbocycles. The van der Waals surface area contributed by atoms with Gasteiger partial charge in [-0.3, -0.25) is 14.4 Å². The maximum atomic E-state index is 12.8. The van der Waals surface area contributed by atoms with E-state index in [9.17, 15) is 14.4 Å². The Morgan fingerprint density at radius 1 is 0.303 bits per heavy atom. The Labute approximate surface area is 410 Å². The van der Waals surface area contributed by atoms with Crippen molar-refractivity contribution < 1.29 is 28.6 Å². The van der Waals surface area contributed by atoms with E-state index in [0.29, 0.717) is 19.3 Å². The molecule has 0 fully saturated rings. The van der Waals surface area contributed by atoms with Crippen molar-refractivity contribution in [2.75, 3.05) is 13.2 Å². The second kappa shape index (κ2) is 55.2. The van der Waals surface area contributed by atoms with Crippen molar-refractivity contribution in [1.29, 1.82) is 0 Å². The molecule has 6 nitrogen and oxygen atoms in total. The van der Waals surface area contributed by atoms with Gasteiger partial charge in [0.2, 0.25) is 0 Å². The first-order chi connectivity index (χ1) is 32.5. The van der Waals surface area contributed by atoms with E-state index in [2.05, 4.69) is 57.2 Å². The van der Waals surface area contributed by atoms with E-state index in [1.54, 1.807) is 0 Å². The van der Waals surface area contributed by atoms with Crippen LogP contribution in [0.1, 0.15) is 310 Å². The van der Waals surface area contributed by atoms with E-state index < -0.39 is 6.10 Å². The van der Waals surface area contributed by atoms with Crippen LogP contribution in [0.2, 0.25) is 0 Å². The molecule has 0 amide bonds. The minimum atomic E-state index is -0.775. The van der Waals surface area contributed by atoms with Crippen LogP contribution in [0.25, 0.3) is 0 Å². The SMILES string of the molecule is CCC/C=C\C/C=C\CCCCCCCC(=O)OC(COC(=O)CCCCCCCCCCCC)COC(=O)CCCCCCCCCCCCCCC/C=C\CCCCCCCCCC. The van der Waals surface area contributed by atoms with Crippen molar-refractivity contribution >= 4 is 17.9 Å². The third-order valence-electron chi connectivity index (χ3n) is 12.8. The van der Waals surface area contributed by atoms with Crippen molar-refractivity contribution in [3.63, 3.8) is 0 Å². The Balaban J connectivity index is 4.17. The molecule has 386 valence electrons. The molecular weight excluding hydrogens is 817 g/mol. The largest absolute Gasteiger partial charge is 0.462 e. The number of ether oxygens (including phenoxy) is 3. The second-order valence-corrected chi connectivity index (χ2v) is 19.6. The van der Waals surface area contributed by atoms with Gasteiger partial charge in [0.25, 0.3) is 0 Å². The molecule has 0 bridgehead atoms. The lowest BCUT2D eigenvalue weighted by molar-refractivity contribution is -0.167. The Hall–Kier alpha value is -2.37. The van der Waals surface area contributed by atoms with Gasteiger partial charge in [-0.05, 0) is 70.6 Å². The third kappa shape index (κ3) is 52.6. The molecule has 0 spiro atoms. The number of esters is 3. The van der Waals surface area contributed by atoms with Gasteiger partial charge in [-0.1, -0.05) is 256 Å². The average molecular weight is 928 g/mol. The lowest BCUT2D eigenvalue weighted by Gasteiger charge is -2.18. The van der Waals surface area contributed by atoms with Crippen molar-refractivity contribution in [1.82, 2.24) is 0 Å². The van der Waals surface area contributed by atoms with Crippen LogP contribution in [0.5, 0.6) is 0 Å². The first-order valence-corrected chi connectivity index (χ1v) is 29.0. The molecule has 0 aliphatic heterocycles. The highest BCUT2D eigenvalue weighted by molar-refractivity contribution is 5.71.